The second kappa shape index (κ2) is 9.59. The van der Waals surface area contributed by atoms with Crippen LogP contribution in [0.1, 0.15) is 6.42 Å². The molecule has 0 radical (unpaired) electrons. The summed E-state index contributed by atoms with van der Waals surface area (Å²) in [4.78, 5) is 34.3. The average Bonchev–Trinajstić information content (AvgIpc) is 2.27. The molecule has 0 atom stereocenters. The molecule has 17 heavy (non-hydrogen) atoms. The summed E-state index contributed by atoms with van der Waals surface area (Å²) in [5.74, 6) is -1.27. The summed E-state index contributed by atoms with van der Waals surface area (Å²) < 4.78 is 0. The number of carbonyl (C=O) groups excluding carboxylic acids is 3. The van der Waals surface area contributed by atoms with Crippen LogP contribution in [0.15, 0.2) is 0 Å². The Morgan fingerprint density at radius 2 is 1.65 bits per heavy atom. The van der Waals surface area contributed by atoms with E-state index >= 15 is 0 Å². The van der Waals surface area contributed by atoms with Crippen LogP contribution in [0.2, 0.25) is 0 Å². The predicted octanol–water partition coefficient (Wildman–Crippen LogP) is -2.08. The van der Waals surface area contributed by atoms with Crippen molar-refractivity contribution in [1.82, 2.24) is 20.9 Å². The fourth-order valence-corrected chi connectivity index (χ4v) is 1.00. The molecule has 7 nitrogen and oxygen atoms in total. The Hall–Kier alpha value is -1.63. The first-order chi connectivity index (χ1) is 8.07. The fraction of sp³-hybridized carbons (Fsp3) is 0.700. The normalized spacial score (nSPS) is 9.82. The first-order valence-corrected chi connectivity index (χ1v) is 5.45. The zero-order valence-electron chi connectivity index (χ0n) is 10.3. The van der Waals surface area contributed by atoms with Crippen molar-refractivity contribution in [3.63, 3.8) is 0 Å². The van der Waals surface area contributed by atoms with Crippen LogP contribution in [-0.2, 0) is 14.4 Å². The van der Waals surface area contributed by atoms with Gasteiger partial charge in [-0.25, -0.2) is 0 Å². The van der Waals surface area contributed by atoms with Gasteiger partial charge in [0.1, 0.15) is 0 Å². The van der Waals surface area contributed by atoms with Crippen LogP contribution in [0.5, 0.6) is 0 Å². The Bertz CT molecular complexity index is 256. The van der Waals surface area contributed by atoms with Crippen molar-refractivity contribution in [2.75, 3.05) is 40.3 Å². The van der Waals surface area contributed by atoms with E-state index in [0.717, 1.165) is 0 Å². The molecule has 3 amide bonds. The van der Waals surface area contributed by atoms with E-state index in [0.29, 0.717) is 39.0 Å². The number of rotatable bonds is 8. The Kier molecular flexibility index (Phi) is 8.67. The lowest BCUT2D eigenvalue weighted by Crippen LogP contribution is -2.42. The van der Waals surface area contributed by atoms with E-state index in [9.17, 15) is 14.4 Å². The zero-order valence-corrected chi connectivity index (χ0v) is 10.3. The number of hydrogen-bond acceptors (Lipinski definition) is 4. The minimum Gasteiger partial charge on any atom is -0.359 e. The van der Waals surface area contributed by atoms with Crippen molar-refractivity contribution < 1.29 is 14.4 Å². The van der Waals surface area contributed by atoms with Crippen LogP contribution in [0.3, 0.4) is 0 Å². The van der Waals surface area contributed by atoms with E-state index in [2.05, 4.69) is 16.0 Å². The smallest absolute Gasteiger partial charge is 0.309 e. The van der Waals surface area contributed by atoms with E-state index in [4.69, 9.17) is 0 Å². The van der Waals surface area contributed by atoms with Crippen molar-refractivity contribution in [3.8, 4) is 0 Å². The summed E-state index contributed by atoms with van der Waals surface area (Å²) in [5.41, 5.74) is 0. The summed E-state index contributed by atoms with van der Waals surface area (Å²) in [7, 11) is 3.76. The van der Waals surface area contributed by atoms with E-state index in [-0.39, 0.29) is 0 Å². The van der Waals surface area contributed by atoms with E-state index < -0.39 is 11.8 Å². The molecule has 0 aliphatic heterocycles. The maximum absolute atomic E-state index is 11.2. The van der Waals surface area contributed by atoms with Gasteiger partial charge in [-0.1, -0.05) is 0 Å². The molecule has 0 heterocycles. The molecule has 0 spiro atoms. The third kappa shape index (κ3) is 9.31. The van der Waals surface area contributed by atoms with Gasteiger partial charge in [-0.15, -0.1) is 0 Å². The van der Waals surface area contributed by atoms with Gasteiger partial charge in [0.25, 0.3) is 0 Å². The molecule has 0 saturated heterocycles. The number of nitrogens with one attached hydrogen (secondary N) is 3. The van der Waals surface area contributed by atoms with Crippen molar-refractivity contribution >= 4 is 18.2 Å². The standard InChI is InChI=1S/C10H20N4O3/c1-14(2)7-6-13-10(17)9(16)12-5-3-4-11-8-15/h8H,3-7H2,1-2H3,(H,11,15)(H,12,16)(H,13,17). The van der Waals surface area contributed by atoms with E-state index in [1.807, 2.05) is 19.0 Å². The topological polar surface area (TPSA) is 90.5 Å². The Morgan fingerprint density at radius 3 is 2.18 bits per heavy atom. The van der Waals surface area contributed by atoms with Gasteiger partial charge in [0, 0.05) is 26.2 Å². The van der Waals surface area contributed by atoms with Gasteiger partial charge in [-0.2, -0.15) is 0 Å². The average molecular weight is 244 g/mol. The first-order valence-electron chi connectivity index (χ1n) is 5.45. The Balaban J connectivity index is 3.54. The molecule has 0 aliphatic rings. The largest absolute Gasteiger partial charge is 0.359 e. The highest BCUT2D eigenvalue weighted by atomic mass is 16.2. The fourth-order valence-electron chi connectivity index (χ4n) is 1.00. The lowest BCUT2D eigenvalue weighted by Gasteiger charge is -2.10. The Morgan fingerprint density at radius 1 is 1.06 bits per heavy atom. The first kappa shape index (κ1) is 15.4. The molecule has 7 heteroatoms. The summed E-state index contributed by atoms with van der Waals surface area (Å²) in [5, 5.41) is 7.42. The molecular weight excluding hydrogens is 224 g/mol. The second-order valence-electron chi connectivity index (χ2n) is 3.74. The van der Waals surface area contributed by atoms with Crippen molar-refractivity contribution in [1.29, 1.82) is 0 Å². The van der Waals surface area contributed by atoms with E-state index in [1.165, 1.54) is 0 Å². The van der Waals surface area contributed by atoms with Crippen LogP contribution in [-0.4, -0.2) is 63.4 Å². The molecule has 0 aromatic carbocycles. The predicted molar refractivity (Wildman–Crippen MR) is 63.3 cm³/mol. The van der Waals surface area contributed by atoms with Crippen LogP contribution >= 0.6 is 0 Å². The van der Waals surface area contributed by atoms with Crippen LogP contribution in [0.25, 0.3) is 0 Å². The minimum atomic E-state index is -0.644. The summed E-state index contributed by atoms with van der Waals surface area (Å²) in [6.07, 6.45) is 1.19. The third-order valence-electron chi connectivity index (χ3n) is 1.92. The van der Waals surface area contributed by atoms with Gasteiger partial charge in [0.15, 0.2) is 0 Å². The molecule has 0 aromatic rings. The highest BCUT2D eigenvalue weighted by Gasteiger charge is 2.11. The Labute approximate surface area is 101 Å². The molecule has 98 valence electrons. The van der Waals surface area contributed by atoms with Gasteiger partial charge < -0.3 is 20.9 Å². The lowest BCUT2D eigenvalue weighted by molar-refractivity contribution is -0.139. The molecular formula is C10H20N4O3. The van der Waals surface area contributed by atoms with Crippen LogP contribution in [0, 0.1) is 0 Å². The number of hydrogen-bond donors (Lipinski definition) is 3. The minimum absolute atomic E-state index is 0.362. The lowest BCUT2D eigenvalue weighted by atomic mass is 10.4. The molecule has 0 unspecified atom stereocenters. The van der Waals surface area contributed by atoms with Crippen LogP contribution < -0.4 is 16.0 Å². The number of nitrogens with zero attached hydrogens (tertiary/aromatic N) is 1. The number of likely N-dealkylation sites (N-methyl/N-ethyl adjacent to an activating group) is 1. The molecule has 0 fully saturated rings. The third-order valence-corrected chi connectivity index (χ3v) is 1.92. The second-order valence-corrected chi connectivity index (χ2v) is 3.74. The van der Waals surface area contributed by atoms with Gasteiger partial charge >= 0.3 is 11.8 Å². The molecule has 0 aromatic heterocycles. The van der Waals surface area contributed by atoms with Gasteiger partial charge in [0.05, 0.1) is 0 Å². The SMILES string of the molecule is CN(C)CCNC(=O)C(=O)NCCCNC=O. The highest BCUT2D eigenvalue weighted by Crippen LogP contribution is 1.76. The maximum atomic E-state index is 11.2. The molecule has 0 saturated carbocycles. The summed E-state index contributed by atoms with van der Waals surface area (Å²) >= 11 is 0. The van der Waals surface area contributed by atoms with Crippen LogP contribution in [0.4, 0.5) is 0 Å². The summed E-state index contributed by atoms with van der Waals surface area (Å²) in [6, 6.07) is 0. The van der Waals surface area contributed by atoms with Crippen molar-refractivity contribution in [2.24, 2.45) is 0 Å². The quantitative estimate of drug-likeness (QED) is 0.259. The van der Waals surface area contributed by atoms with Crippen molar-refractivity contribution in [3.05, 3.63) is 0 Å². The highest BCUT2D eigenvalue weighted by molar-refractivity contribution is 6.35. The van der Waals surface area contributed by atoms with Crippen molar-refractivity contribution in [2.45, 2.75) is 6.42 Å². The number of carbonyl (C=O) groups is 3. The maximum Gasteiger partial charge on any atom is 0.309 e. The molecule has 0 bridgehead atoms. The number of amides is 3. The van der Waals surface area contributed by atoms with Gasteiger partial charge in [-0.05, 0) is 20.5 Å². The van der Waals surface area contributed by atoms with Gasteiger partial charge in [0.2, 0.25) is 6.41 Å². The molecule has 3 N–H and O–H groups in total. The monoisotopic (exact) mass is 244 g/mol. The molecule has 0 rings (SSSR count). The zero-order chi connectivity index (χ0) is 13.1. The summed E-state index contributed by atoms with van der Waals surface area (Å²) in [6.45, 7) is 1.96. The van der Waals surface area contributed by atoms with Gasteiger partial charge in [-0.3, -0.25) is 14.4 Å². The van der Waals surface area contributed by atoms with E-state index in [1.54, 1.807) is 0 Å². The molecule has 0 aliphatic carbocycles.